The number of esters is 4. The number of unbranched alkanes of at least 4 members (excludes halogenated alkanes) is 56. The van der Waals surface area contributed by atoms with Gasteiger partial charge < -0.3 is 33.8 Å². The van der Waals surface area contributed by atoms with E-state index in [1.54, 1.807) is 0 Å². The van der Waals surface area contributed by atoms with Gasteiger partial charge >= 0.3 is 39.5 Å². The summed E-state index contributed by atoms with van der Waals surface area (Å²) < 4.78 is 68.8. The number of aliphatic hydroxyl groups excluding tert-OH is 1. The van der Waals surface area contributed by atoms with Crippen molar-refractivity contribution in [2.24, 2.45) is 0 Å². The van der Waals surface area contributed by atoms with Gasteiger partial charge in [-0.3, -0.25) is 37.3 Å². The predicted molar refractivity (Wildman–Crippen MR) is 409 cm³/mol. The number of hydrogen-bond donors (Lipinski definition) is 3. The van der Waals surface area contributed by atoms with E-state index in [2.05, 4.69) is 27.7 Å². The van der Waals surface area contributed by atoms with E-state index < -0.39 is 97.5 Å². The van der Waals surface area contributed by atoms with E-state index in [9.17, 15) is 43.2 Å². The molecule has 2 unspecified atom stereocenters. The summed E-state index contributed by atoms with van der Waals surface area (Å²) in [4.78, 5) is 73.1. The topological polar surface area (TPSA) is 237 Å². The van der Waals surface area contributed by atoms with Crippen molar-refractivity contribution in [1.82, 2.24) is 0 Å². The fourth-order valence-corrected chi connectivity index (χ4v) is 14.2. The van der Waals surface area contributed by atoms with Crippen LogP contribution in [0.25, 0.3) is 0 Å². The molecule has 0 radical (unpaired) electrons. The molecule has 0 heterocycles. The first kappa shape index (κ1) is 98.1. The third-order valence-electron chi connectivity index (χ3n) is 19.1. The van der Waals surface area contributed by atoms with Gasteiger partial charge in [-0.2, -0.15) is 0 Å². The first-order valence-corrected chi connectivity index (χ1v) is 45.3. The van der Waals surface area contributed by atoms with Crippen LogP contribution in [-0.2, 0) is 65.4 Å². The Bertz CT molecular complexity index is 1890. The minimum atomic E-state index is -4.96. The highest BCUT2D eigenvalue weighted by Gasteiger charge is 2.30. The number of phosphoric acid groups is 2. The molecule has 0 aliphatic heterocycles. The first-order chi connectivity index (χ1) is 48.7. The zero-order valence-electron chi connectivity index (χ0n) is 65.2. The Morgan fingerprint density at radius 2 is 0.400 bits per heavy atom. The van der Waals surface area contributed by atoms with Crippen LogP contribution >= 0.6 is 15.6 Å². The zero-order valence-corrected chi connectivity index (χ0v) is 67.0. The van der Waals surface area contributed by atoms with E-state index in [0.29, 0.717) is 25.7 Å². The fourth-order valence-electron chi connectivity index (χ4n) is 12.6. The van der Waals surface area contributed by atoms with Crippen LogP contribution in [0, 0.1) is 0 Å². The standard InChI is InChI=1S/C81H158O17P2/c1-5-9-13-17-21-25-29-33-35-37-39-43-46-50-54-58-62-66-79(84)92-72-77(98-81(86)68-64-60-56-52-48-44-40-38-36-34-30-26-22-18-14-10-6-2)74-96-100(89,90)94-70-75(82)69-93-99(87,88)95-73-76(97-80(85)67-63-59-55-51-47-42-32-28-24-20-16-12-8-4)71-91-78(83)65-61-57-53-49-45-41-31-27-23-19-15-11-7-3/h75-77,82H,5-74H2,1-4H3,(H,87,88)(H,89,90)/t75-,76-,77-/m1/s1. The van der Waals surface area contributed by atoms with Crippen LogP contribution in [0.1, 0.15) is 439 Å². The van der Waals surface area contributed by atoms with E-state index in [1.165, 1.54) is 270 Å². The Morgan fingerprint density at radius 1 is 0.240 bits per heavy atom. The molecule has 594 valence electrons. The third kappa shape index (κ3) is 74.3. The van der Waals surface area contributed by atoms with Crippen molar-refractivity contribution < 1.29 is 80.2 Å². The Balaban J connectivity index is 5.25. The SMILES string of the molecule is CCCCCCCCCCCCCCCCCCCC(=O)OC[C@H](COP(=O)(O)OC[C@H](O)COP(=O)(O)OC[C@@H](COC(=O)CCCCCCCCCCCCCCC)OC(=O)CCCCCCCCCCCCCCC)OC(=O)CCCCCCCCCCCCCCCCCCC. The average Bonchev–Trinajstić information content (AvgIpc) is 1.15. The van der Waals surface area contributed by atoms with E-state index in [0.717, 1.165) is 89.9 Å². The molecular weight excluding hydrogens is 1310 g/mol. The summed E-state index contributed by atoms with van der Waals surface area (Å²) in [6, 6.07) is 0. The molecule has 100 heavy (non-hydrogen) atoms. The summed E-state index contributed by atoms with van der Waals surface area (Å²) in [5.74, 6) is -2.10. The Kier molecular flexibility index (Phi) is 73.8. The van der Waals surface area contributed by atoms with Gasteiger partial charge in [-0.05, 0) is 25.7 Å². The smallest absolute Gasteiger partial charge is 0.462 e. The zero-order chi connectivity index (χ0) is 73.2. The molecule has 0 amide bonds. The summed E-state index contributed by atoms with van der Waals surface area (Å²) in [6.07, 6.45) is 67.8. The molecule has 0 aromatic heterocycles. The van der Waals surface area contributed by atoms with Crippen LogP contribution in [0.4, 0.5) is 0 Å². The van der Waals surface area contributed by atoms with Crippen molar-refractivity contribution in [3.05, 3.63) is 0 Å². The molecule has 3 N–H and O–H groups in total. The Hall–Kier alpha value is -1.94. The molecule has 19 heteroatoms. The van der Waals surface area contributed by atoms with Gasteiger partial charge in [0.25, 0.3) is 0 Å². The number of ether oxygens (including phenoxy) is 4. The van der Waals surface area contributed by atoms with Crippen molar-refractivity contribution in [3.8, 4) is 0 Å². The van der Waals surface area contributed by atoms with E-state index in [4.69, 9.17) is 37.0 Å². The quantitative estimate of drug-likeness (QED) is 0.0222. The highest BCUT2D eigenvalue weighted by atomic mass is 31.2. The van der Waals surface area contributed by atoms with E-state index in [1.807, 2.05) is 0 Å². The first-order valence-electron chi connectivity index (χ1n) is 42.3. The summed E-state index contributed by atoms with van der Waals surface area (Å²) >= 11 is 0. The van der Waals surface area contributed by atoms with Gasteiger partial charge in [-0.1, -0.05) is 387 Å². The molecule has 0 aliphatic rings. The Labute approximate surface area is 613 Å². The van der Waals surface area contributed by atoms with Gasteiger partial charge in [0.1, 0.15) is 19.3 Å². The number of aliphatic hydroxyl groups is 1. The number of rotatable bonds is 82. The van der Waals surface area contributed by atoms with Gasteiger partial charge in [-0.15, -0.1) is 0 Å². The lowest BCUT2D eigenvalue weighted by Crippen LogP contribution is -2.30. The third-order valence-corrected chi connectivity index (χ3v) is 21.0. The molecule has 17 nitrogen and oxygen atoms in total. The molecule has 0 aromatic carbocycles. The Morgan fingerprint density at radius 3 is 0.590 bits per heavy atom. The second-order valence-corrected chi connectivity index (χ2v) is 32.1. The minimum Gasteiger partial charge on any atom is -0.462 e. The van der Waals surface area contributed by atoms with Crippen LogP contribution in [0.3, 0.4) is 0 Å². The summed E-state index contributed by atoms with van der Waals surface area (Å²) in [6.45, 7) is 5.04. The van der Waals surface area contributed by atoms with Crippen LogP contribution in [0.2, 0.25) is 0 Å². The van der Waals surface area contributed by atoms with Crippen LogP contribution in [-0.4, -0.2) is 96.7 Å². The maximum absolute atomic E-state index is 13.1. The fraction of sp³-hybridized carbons (Fsp3) is 0.951. The molecule has 0 bridgehead atoms. The van der Waals surface area contributed by atoms with Crippen molar-refractivity contribution in [2.45, 2.75) is 457 Å². The number of hydrogen-bond acceptors (Lipinski definition) is 15. The average molecular weight is 1470 g/mol. The molecule has 5 atom stereocenters. The molecular formula is C81H158O17P2. The molecule has 0 aromatic rings. The number of phosphoric ester groups is 2. The molecule has 0 rings (SSSR count). The molecule has 0 aliphatic carbocycles. The van der Waals surface area contributed by atoms with Crippen molar-refractivity contribution in [2.75, 3.05) is 39.6 Å². The second-order valence-electron chi connectivity index (χ2n) is 29.2. The number of carbonyl (C=O) groups excluding carboxylic acids is 4. The maximum atomic E-state index is 13.1. The molecule has 0 saturated heterocycles. The summed E-state index contributed by atoms with van der Waals surface area (Å²) in [7, 11) is -9.92. The minimum absolute atomic E-state index is 0.109. The van der Waals surface area contributed by atoms with Gasteiger partial charge in [0, 0.05) is 25.7 Å². The van der Waals surface area contributed by atoms with Crippen LogP contribution in [0.15, 0.2) is 0 Å². The normalized spacial score (nSPS) is 13.8. The van der Waals surface area contributed by atoms with Crippen LogP contribution in [0.5, 0.6) is 0 Å². The molecule has 0 saturated carbocycles. The van der Waals surface area contributed by atoms with Crippen LogP contribution < -0.4 is 0 Å². The lowest BCUT2D eigenvalue weighted by atomic mass is 10.0. The molecule has 0 spiro atoms. The molecule has 0 fully saturated rings. The van der Waals surface area contributed by atoms with Gasteiger partial charge in [0.2, 0.25) is 0 Å². The van der Waals surface area contributed by atoms with E-state index in [-0.39, 0.29) is 25.7 Å². The van der Waals surface area contributed by atoms with Crippen molar-refractivity contribution >= 4 is 39.5 Å². The van der Waals surface area contributed by atoms with Gasteiger partial charge in [0.05, 0.1) is 26.4 Å². The predicted octanol–water partition coefficient (Wildman–Crippen LogP) is 24.6. The van der Waals surface area contributed by atoms with E-state index >= 15 is 0 Å². The lowest BCUT2D eigenvalue weighted by molar-refractivity contribution is -0.161. The summed E-state index contributed by atoms with van der Waals surface area (Å²) in [5.41, 5.74) is 0. The van der Waals surface area contributed by atoms with Crippen molar-refractivity contribution in [3.63, 3.8) is 0 Å². The van der Waals surface area contributed by atoms with Gasteiger partial charge in [-0.25, -0.2) is 9.13 Å². The maximum Gasteiger partial charge on any atom is 0.472 e. The second kappa shape index (κ2) is 75.3. The summed E-state index contributed by atoms with van der Waals surface area (Å²) in [5, 5.41) is 10.6. The highest BCUT2D eigenvalue weighted by Crippen LogP contribution is 2.45. The van der Waals surface area contributed by atoms with Gasteiger partial charge in [0.15, 0.2) is 12.2 Å². The monoisotopic (exact) mass is 1470 g/mol. The van der Waals surface area contributed by atoms with Crippen molar-refractivity contribution in [1.29, 1.82) is 0 Å². The largest absolute Gasteiger partial charge is 0.472 e. The number of carbonyl (C=O) groups is 4. The lowest BCUT2D eigenvalue weighted by Gasteiger charge is -2.21. The highest BCUT2D eigenvalue weighted by molar-refractivity contribution is 7.47.